The molecule has 0 amide bonds. The van der Waals surface area contributed by atoms with Crippen molar-refractivity contribution in [3.63, 3.8) is 0 Å². The molecule has 7 heteroatoms. The lowest BCUT2D eigenvalue weighted by Gasteiger charge is -2.18. The van der Waals surface area contributed by atoms with Crippen molar-refractivity contribution in [2.75, 3.05) is 17.7 Å². The van der Waals surface area contributed by atoms with Crippen LogP contribution in [0.1, 0.15) is 18.7 Å². The molecule has 1 aromatic rings. The van der Waals surface area contributed by atoms with E-state index in [1.54, 1.807) is 11.9 Å². The molecule has 0 saturated heterocycles. The molecule has 4 nitrogen and oxygen atoms in total. The summed E-state index contributed by atoms with van der Waals surface area (Å²) in [4.78, 5) is 8.36. The first-order valence-corrected chi connectivity index (χ1v) is 4.82. The Morgan fingerprint density at radius 3 is 2.50 bits per heavy atom. The molecule has 0 radical (unpaired) electrons. The molecule has 0 unspecified atom stereocenters. The highest BCUT2D eigenvalue weighted by Crippen LogP contribution is 2.32. The van der Waals surface area contributed by atoms with Gasteiger partial charge in [-0.25, -0.2) is 9.97 Å². The number of anilines is 2. The molecule has 1 aliphatic carbocycles. The molecule has 1 heterocycles. The van der Waals surface area contributed by atoms with Gasteiger partial charge in [0.2, 0.25) is 5.82 Å². The van der Waals surface area contributed by atoms with Crippen molar-refractivity contribution in [3.05, 3.63) is 11.9 Å². The molecule has 16 heavy (non-hydrogen) atoms. The van der Waals surface area contributed by atoms with Crippen LogP contribution in [0.25, 0.3) is 0 Å². The summed E-state index contributed by atoms with van der Waals surface area (Å²) in [5, 5.41) is 0. The van der Waals surface area contributed by atoms with Crippen molar-refractivity contribution in [1.29, 1.82) is 0 Å². The number of aromatic nitrogens is 2. The summed E-state index contributed by atoms with van der Waals surface area (Å²) in [7, 11) is 1.71. The van der Waals surface area contributed by atoms with Crippen LogP contribution in [-0.2, 0) is 6.18 Å². The van der Waals surface area contributed by atoms with Crippen molar-refractivity contribution < 1.29 is 13.2 Å². The number of nitrogens with zero attached hydrogens (tertiary/aromatic N) is 3. The van der Waals surface area contributed by atoms with Gasteiger partial charge in [0.15, 0.2) is 0 Å². The summed E-state index contributed by atoms with van der Waals surface area (Å²) in [5.74, 6) is -1.12. The maximum Gasteiger partial charge on any atom is 0.451 e. The first kappa shape index (κ1) is 11.0. The van der Waals surface area contributed by atoms with Crippen LogP contribution in [0.3, 0.4) is 0 Å². The van der Waals surface area contributed by atoms with E-state index in [-0.39, 0.29) is 17.7 Å². The lowest BCUT2D eigenvalue weighted by atomic mass is 10.4. The Balaban J connectivity index is 2.35. The molecule has 0 aliphatic heterocycles. The van der Waals surface area contributed by atoms with Gasteiger partial charge in [0.25, 0.3) is 0 Å². The Bertz CT molecular complexity index is 400. The SMILES string of the molecule is CN(c1cc(N)nc(C(F)(F)F)n1)C1CC1. The molecule has 1 fully saturated rings. The second kappa shape index (κ2) is 3.50. The van der Waals surface area contributed by atoms with E-state index in [0.29, 0.717) is 0 Å². The molecule has 1 aliphatic rings. The molecule has 88 valence electrons. The molecule has 1 aromatic heterocycles. The third-order valence-electron chi connectivity index (χ3n) is 2.44. The summed E-state index contributed by atoms with van der Waals surface area (Å²) < 4.78 is 37.3. The fourth-order valence-corrected chi connectivity index (χ4v) is 1.41. The average molecular weight is 232 g/mol. The van der Waals surface area contributed by atoms with Crippen LogP contribution >= 0.6 is 0 Å². The number of alkyl halides is 3. The molecular formula is C9H11F3N4. The lowest BCUT2D eigenvalue weighted by Crippen LogP contribution is -2.23. The van der Waals surface area contributed by atoms with E-state index in [9.17, 15) is 13.2 Å². The van der Waals surface area contributed by atoms with Gasteiger partial charge in [-0.05, 0) is 12.8 Å². The van der Waals surface area contributed by atoms with Gasteiger partial charge in [0, 0.05) is 19.2 Å². The van der Waals surface area contributed by atoms with Crippen LogP contribution in [0.4, 0.5) is 24.8 Å². The van der Waals surface area contributed by atoms with Crippen LogP contribution < -0.4 is 10.6 Å². The predicted octanol–water partition coefficient (Wildman–Crippen LogP) is 1.68. The molecule has 0 spiro atoms. The molecule has 1 saturated carbocycles. The maximum atomic E-state index is 12.4. The standard InChI is InChI=1S/C9H11F3N4/c1-16(5-2-3-5)7-4-6(13)14-8(15-7)9(10,11)12/h4-5H,2-3H2,1H3,(H2,13,14,15). The summed E-state index contributed by atoms with van der Waals surface area (Å²) in [6.07, 6.45) is -2.61. The summed E-state index contributed by atoms with van der Waals surface area (Å²) in [6.45, 7) is 0. The topological polar surface area (TPSA) is 55.0 Å². The first-order chi connectivity index (χ1) is 7.38. The van der Waals surface area contributed by atoms with E-state index in [1.165, 1.54) is 6.07 Å². The van der Waals surface area contributed by atoms with E-state index in [4.69, 9.17) is 5.73 Å². The first-order valence-electron chi connectivity index (χ1n) is 4.82. The van der Waals surface area contributed by atoms with Crippen LogP contribution in [-0.4, -0.2) is 23.1 Å². The Kier molecular flexibility index (Phi) is 2.40. The minimum absolute atomic E-state index is 0.162. The van der Waals surface area contributed by atoms with E-state index in [2.05, 4.69) is 9.97 Å². The van der Waals surface area contributed by atoms with E-state index >= 15 is 0 Å². The van der Waals surface area contributed by atoms with Crippen molar-refractivity contribution >= 4 is 11.6 Å². The van der Waals surface area contributed by atoms with Crippen molar-refractivity contribution in [3.8, 4) is 0 Å². The third-order valence-corrected chi connectivity index (χ3v) is 2.44. The fourth-order valence-electron chi connectivity index (χ4n) is 1.41. The Morgan fingerprint density at radius 1 is 1.38 bits per heavy atom. The van der Waals surface area contributed by atoms with Gasteiger partial charge in [-0.15, -0.1) is 0 Å². The second-order valence-corrected chi connectivity index (χ2v) is 3.81. The smallest absolute Gasteiger partial charge is 0.384 e. The number of nitrogens with two attached hydrogens (primary N) is 1. The second-order valence-electron chi connectivity index (χ2n) is 3.81. The number of rotatable bonds is 2. The summed E-state index contributed by atoms with van der Waals surface area (Å²) >= 11 is 0. The van der Waals surface area contributed by atoms with Crippen molar-refractivity contribution in [2.24, 2.45) is 0 Å². The zero-order valence-corrected chi connectivity index (χ0v) is 8.62. The molecule has 2 N–H and O–H groups in total. The highest BCUT2D eigenvalue weighted by molar-refractivity contribution is 5.48. The zero-order valence-electron chi connectivity index (χ0n) is 8.62. The minimum Gasteiger partial charge on any atom is -0.384 e. The summed E-state index contributed by atoms with van der Waals surface area (Å²) in [5.41, 5.74) is 5.34. The highest BCUT2D eigenvalue weighted by Gasteiger charge is 2.36. The zero-order chi connectivity index (χ0) is 11.9. The van der Waals surface area contributed by atoms with Crippen LogP contribution in [0.5, 0.6) is 0 Å². The minimum atomic E-state index is -4.56. The monoisotopic (exact) mass is 232 g/mol. The Morgan fingerprint density at radius 2 is 2.00 bits per heavy atom. The Hall–Kier alpha value is -1.53. The van der Waals surface area contributed by atoms with Gasteiger partial charge < -0.3 is 10.6 Å². The van der Waals surface area contributed by atoms with E-state index in [0.717, 1.165) is 12.8 Å². The van der Waals surface area contributed by atoms with Crippen LogP contribution in [0.2, 0.25) is 0 Å². The van der Waals surface area contributed by atoms with Crippen LogP contribution in [0, 0.1) is 0 Å². The quantitative estimate of drug-likeness (QED) is 0.842. The normalized spacial score (nSPS) is 16.2. The van der Waals surface area contributed by atoms with E-state index < -0.39 is 12.0 Å². The van der Waals surface area contributed by atoms with Gasteiger partial charge in [-0.1, -0.05) is 0 Å². The van der Waals surface area contributed by atoms with Gasteiger partial charge in [0.1, 0.15) is 11.6 Å². The van der Waals surface area contributed by atoms with Gasteiger partial charge in [-0.2, -0.15) is 13.2 Å². The van der Waals surface area contributed by atoms with Gasteiger partial charge >= 0.3 is 6.18 Å². The molecule has 2 rings (SSSR count). The lowest BCUT2D eigenvalue weighted by molar-refractivity contribution is -0.144. The number of hydrogen-bond donors (Lipinski definition) is 1. The maximum absolute atomic E-state index is 12.4. The summed E-state index contributed by atoms with van der Waals surface area (Å²) in [6, 6.07) is 1.63. The number of halogens is 3. The third kappa shape index (κ3) is 2.17. The highest BCUT2D eigenvalue weighted by atomic mass is 19.4. The predicted molar refractivity (Wildman–Crippen MR) is 52.9 cm³/mol. The molecule has 0 bridgehead atoms. The fraction of sp³-hybridized carbons (Fsp3) is 0.556. The van der Waals surface area contributed by atoms with Crippen molar-refractivity contribution in [2.45, 2.75) is 25.1 Å². The molecule has 0 aromatic carbocycles. The Labute approximate surface area is 90.3 Å². The average Bonchev–Trinajstić information content (AvgIpc) is 2.97. The number of hydrogen-bond acceptors (Lipinski definition) is 4. The molecule has 0 atom stereocenters. The van der Waals surface area contributed by atoms with Gasteiger partial charge in [0.05, 0.1) is 0 Å². The van der Waals surface area contributed by atoms with E-state index in [1.807, 2.05) is 0 Å². The van der Waals surface area contributed by atoms with Crippen molar-refractivity contribution in [1.82, 2.24) is 9.97 Å². The van der Waals surface area contributed by atoms with Crippen LogP contribution in [0.15, 0.2) is 6.07 Å². The van der Waals surface area contributed by atoms with Gasteiger partial charge in [-0.3, -0.25) is 0 Å². The largest absolute Gasteiger partial charge is 0.451 e. The molecular weight excluding hydrogens is 221 g/mol. The number of nitrogen functional groups attached to an aromatic ring is 1.